The molecule has 2 aliphatic rings. The van der Waals surface area contributed by atoms with Gasteiger partial charge in [-0.05, 0) is 29.0 Å². The predicted octanol–water partition coefficient (Wildman–Crippen LogP) is 3.19. The van der Waals surface area contributed by atoms with Crippen molar-refractivity contribution in [1.82, 2.24) is 14.4 Å². The molecule has 154 valence electrons. The van der Waals surface area contributed by atoms with Gasteiger partial charge in [0, 0.05) is 51.6 Å². The van der Waals surface area contributed by atoms with Crippen LogP contribution in [0.15, 0.2) is 65.5 Å². The number of likely N-dealkylation sites (tertiary alicyclic amines) is 2. The minimum Gasteiger partial charge on any atom is -0.335 e. The quantitative estimate of drug-likeness (QED) is 0.677. The average molecular weight is 402 g/mol. The Morgan fingerprint density at radius 2 is 1.73 bits per heavy atom. The number of carbonyl (C=O) groups excluding carboxylic acids is 1. The van der Waals surface area contributed by atoms with Crippen LogP contribution in [0.4, 0.5) is 0 Å². The van der Waals surface area contributed by atoms with Crippen LogP contribution in [-0.2, 0) is 18.4 Å². The smallest absolute Gasteiger partial charge is 0.255 e. The van der Waals surface area contributed by atoms with Crippen molar-refractivity contribution in [3.05, 3.63) is 82.1 Å². The second kappa shape index (κ2) is 7.40. The predicted molar refractivity (Wildman–Crippen MR) is 118 cm³/mol. The zero-order chi connectivity index (χ0) is 20.8. The summed E-state index contributed by atoms with van der Waals surface area (Å²) in [6, 6.07) is 20.6. The lowest BCUT2D eigenvalue weighted by atomic mass is 9.89. The minimum absolute atomic E-state index is 0.0794. The normalized spacial score (nSPS) is 23.8. The Kier molecular flexibility index (Phi) is 4.70. The van der Waals surface area contributed by atoms with Crippen molar-refractivity contribution in [1.29, 1.82) is 0 Å². The second-order valence-corrected chi connectivity index (χ2v) is 8.74. The molecule has 30 heavy (non-hydrogen) atoms. The summed E-state index contributed by atoms with van der Waals surface area (Å²) in [5.41, 5.74) is 3.10. The van der Waals surface area contributed by atoms with Crippen LogP contribution in [0.3, 0.4) is 0 Å². The zero-order valence-corrected chi connectivity index (χ0v) is 17.5. The van der Waals surface area contributed by atoms with Crippen molar-refractivity contribution >= 4 is 16.8 Å². The molecule has 5 heteroatoms. The first-order valence-electron chi connectivity index (χ1n) is 10.6. The molecule has 5 rings (SSSR count). The van der Waals surface area contributed by atoms with Crippen LogP contribution >= 0.6 is 0 Å². The van der Waals surface area contributed by atoms with E-state index in [2.05, 4.69) is 23.1 Å². The third-order valence-electron chi connectivity index (χ3n) is 6.89. The Labute approximate surface area is 176 Å². The molecule has 0 saturated carbocycles. The number of amides is 1. The number of fused-ring (bicyclic) bond motifs is 2. The van der Waals surface area contributed by atoms with Crippen molar-refractivity contribution < 1.29 is 4.79 Å². The summed E-state index contributed by atoms with van der Waals surface area (Å²) >= 11 is 0. The van der Waals surface area contributed by atoms with E-state index in [0.717, 1.165) is 36.1 Å². The number of carbonyl (C=O) groups is 1. The molecule has 5 nitrogen and oxygen atoms in total. The monoisotopic (exact) mass is 401 g/mol. The minimum atomic E-state index is 0.0794. The molecule has 2 fully saturated rings. The van der Waals surface area contributed by atoms with E-state index in [9.17, 15) is 9.59 Å². The molecule has 0 N–H and O–H groups in total. The van der Waals surface area contributed by atoms with E-state index in [0.29, 0.717) is 18.4 Å². The van der Waals surface area contributed by atoms with Crippen LogP contribution in [0.2, 0.25) is 0 Å². The Balaban J connectivity index is 1.41. The number of rotatable bonds is 3. The Morgan fingerprint density at radius 1 is 1.00 bits per heavy atom. The summed E-state index contributed by atoms with van der Waals surface area (Å²) in [5.74, 6) is 0.997. The fraction of sp³-hybridized carbons (Fsp3) is 0.360. The van der Waals surface area contributed by atoms with Gasteiger partial charge in [-0.3, -0.25) is 14.5 Å². The van der Waals surface area contributed by atoms with Gasteiger partial charge in [0.2, 0.25) is 5.91 Å². The molecule has 3 heterocycles. The number of hydrogen-bond acceptors (Lipinski definition) is 3. The molecule has 1 amide bonds. The maximum atomic E-state index is 12.9. The van der Waals surface area contributed by atoms with Crippen LogP contribution in [0.25, 0.3) is 10.9 Å². The standard InChI is InChI=1S/C25H27N3O2/c1-17(29)28-15-21-14-27(16-22(21)24(28)18-8-4-3-5-9-18)13-20-12-19-10-6-7-11-23(19)26(2)25(20)30/h3-12,21-22,24H,13-16H2,1-2H3/t21-,22-,24-/m1/s1. The number of pyridine rings is 1. The van der Waals surface area contributed by atoms with Crippen LogP contribution < -0.4 is 5.56 Å². The van der Waals surface area contributed by atoms with Crippen molar-refractivity contribution in [2.24, 2.45) is 18.9 Å². The molecule has 2 aromatic carbocycles. The number of benzene rings is 2. The molecule has 0 spiro atoms. The molecule has 2 aliphatic heterocycles. The summed E-state index contributed by atoms with van der Waals surface area (Å²) in [6.07, 6.45) is 0. The van der Waals surface area contributed by atoms with Crippen LogP contribution in [0.5, 0.6) is 0 Å². The summed E-state index contributed by atoms with van der Waals surface area (Å²) in [4.78, 5) is 29.7. The molecule has 0 bridgehead atoms. The fourth-order valence-corrected chi connectivity index (χ4v) is 5.51. The highest BCUT2D eigenvalue weighted by Crippen LogP contribution is 2.45. The molecular weight excluding hydrogens is 374 g/mol. The summed E-state index contributed by atoms with van der Waals surface area (Å²) in [7, 11) is 1.85. The van der Waals surface area contributed by atoms with Gasteiger partial charge in [-0.15, -0.1) is 0 Å². The topological polar surface area (TPSA) is 45.6 Å². The largest absolute Gasteiger partial charge is 0.335 e. The molecule has 1 aromatic heterocycles. The van der Waals surface area contributed by atoms with Gasteiger partial charge >= 0.3 is 0 Å². The molecule has 0 unspecified atom stereocenters. The van der Waals surface area contributed by atoms with E-state index in [-0.39, 0.29) is 17.5 Å². The lowest BCUT2D eigenvalue weighted by molar-refractivity contribution is -0.130. The molecule has 0 aliphatic carbocycles. The van der Waals surface area contributed by atoms with E-state index >= 15 is 0 Å². The highest BCUT2D eigenvalue weighted by Gasteiger charge is 2.48. The molecular formula is C25H27N3O2. The Morgan fingerprint density at radius 3 is 2.50 bits per heavy atom. The van der Waals surface area contributed by atoms with Crippen LogP contribution in [0.1, 0.15) is 24.1 Å². The SMILES string of the molecule is CC(=O)N1C[C@H]2CN(Cc3cc4ccccc4n(C)c3=O)C[C@H]2[C@H]1c1ccccc1. The third-order valence-corrected chi connectivity index (χ3v) is 6.89. The summed E-state index contributed by atoms with van der Waals surface area (Å²) in [5, 5.41) is 1.10. The van der Waals surface area contributed by atoms with Gasteiger partial charge in [0.05, 0.1) is 11.6 Å². The van der Waals surface area contributed by atoms with E-state index in [1.807, 2.05) is 54.4 Å². The van der Waals surface area contributed by atoms with Crippen molar-refractivity contribution in [3.8, 4) is 0 Å². The van der Waals surface area contributed by atoms with Crippen molar-refractivity contribution in [2.75, 3.05) is 19.6 Å². The van der Waals surface area contributed by atoms with Gasteiger partial charge in [-0.2, -0.15) is 0 Å². The summed E-state index contributed by atoms with van der Waals surface area (Å²) < 4.78 is 1.76. The molecule has 2 saturated heterocycles. The molecule has 0 radical (unpaired) electrons. The number of hydrogen-bond donors (Lipinski definition) is 0. The van der Waals surface area contributed by atoms with Gasteiger partial charge in [-0.25, -0.2) is 0 Å². The molecule has 3 atom stereocenters. The van der Waals surface area contributed by atoms with Crippen molar-refractivity contribution in [3.63, 3.8) is 0 Å². The number of nitrogens with zero attached hydrogens (tertiary/aromatic N) is 3. The first kappa shape index (κ1) is 19.1. The van der Waals surface area contributed by atoms with E-state index in [1.54, 1.807) is 11.5 Å². The number of aromatic nitrogens is 1. The van der Waals surface area contributed by atoms with Gasteiger partial charge < -0.3 is 9.47 Å². The summed E-state index contributed by atoms with van der Waals surface area (Å²) in [6.45, 7) is 4.96. The lowest BCUT2D eigenvalue weighted by Crippen LogP contribution is -2.35. The first-order chi connectivity index (χ1) is 14.5. The third kappa shape index (κ3) is 3.14. The maximum absolute atomic E-state index is 12.9. The van der Waals surface area contributed by atoms with Gasteiger partial charge in [0.15, 0.2) is 0 Å². The molecule has 3 aromatic rings. The number of para-hydroxylation sites is 1. The maximum Gasteiger partial charge on any atom is 0.255 e. The highest BCUT2D eigenvalue weighted by atomic mass is 16.2. The van der Waals surface area contributed by atoms with Gasteiger partial charge in [0.25, 0.3) is 5.56 Å². The Bertz CT molecular complexity index is 1150. The lowest BCUT2D eigenvalue weighted by Gasteiger charge is -2.29. The van der Waals surface area contributed by atoms with E-state index in [4.69, 9.17) is 0 Å². The van der Waals surface area contributed by atoms with Gasteiger partial charge in [0.1, 0.15) is 0 Å². The van der Waals surface area contributed by atoms with Crippen molar-refractivity contribution in [2.45, 2.75) is 19.5 Å². The second-order valence-electron chi connectivity index (χ2n) is 8.74. The first-order valence-corrected chi connectivity index (χ1v) is 10.6. The van der Waals surface area contributed by atoms with E-state index < -0.39 is 0 Å². The highest BCUT2D eigenvalue weighted by molar-refractivity contribution is 5.79. The number of aryl methyl sites for hydroxylation is 1. The van der Waals surface area contributed by atoms with Crippen LogP contribution in [-0.4, -0.2) is 39.9 Å². The zero-order valence-electron chi connectivity index (χ0n) is 17.5. The van der Waals surface area contributed by atoms with Gasteiger partial charge in [-0.1, -0.05) is 48.5 Å². The fourth-order valence-electron chi connectivity index (χ4n) is 5.51. The van der Waals surface area contributed by atoms with E-state index in [1.165, 1.54) is 5.56 Å². The van der Waals surface area contributed by atoms with Crippen LogP contribution in [0, 0.1) is 11.8 Å². The average Bonchev–Trinajstić information content (AvgIpc) is 3.30. The Hall–Kier alpha value is -2.92.